The Labute approximate surface area is 141 Å². The topological polar surface area (TPSA) is 49.5 Å². The van der Waals surface area contributed by atoms with E-state index in [9.17, 15) is 5.11 Å². The minimum atomic E-state index is -0.774. The Morgan fingerprint density at radius 1 is 1.04 bits per heavy atom. The summed E-state index contributed by atoms with van der Waals surface area (Å²) in [5.41, 5.74) is 2.11. The smallest absolute Gasteiger partial charge is 0.151 e. The van der Waals surface area contributed by atoms with Crippen LogP contribution in [-0.4, -0.2) is 28.3 Å². The number of aliphatic hydroxyl groups is 1. The molecule has 1 aliphatic heterocycles. The zero-order valence-electron chi connectivity index (χ0n) is 13.4. The molecule has 0 saturated carbocycles. The molecule has 0 unspecified atom stereocenters. The van der Waals surface area contributed by atoms with E-state index in [1.54, 1.807) is 0 Å². The van der Waals surface area contributed by atoms with Crippen molar-refractivity contribution in [3.8, 4) is 11.3 Å². The fourth-order valence-electron chi connectivity index (χ4n) is 3.34. The molecule has 122 valence electrons. The summed E-state index contributed by atoms with van der Waals surface area (Å²) >= 11 is 0. The van der Waals surface area contributed by atoms with Crippen molar-refractivity contribution >= 4 is 0 Å². The number of nitrogens with zero attached hydrogens (tertiary/aromatic N) is 2. The average molecular weight is 320 g/mol. The number of benzene rings is 2. The van der Waals surface area contributed by atoms with Crippen LogP contribution in [0.15, 0.2) is 71.3 Å². The first-order valence-electron chi connectivity index (χ1n) is 8.24. The normalized spacial score (nSPS) is 21.2. The van der Waals surface area contributed by atoms with Crippen molar-refractivity contribution < 1.29 is 9.63 Å². The SMILES string of the molecule is O[C@]1(c2ccccc2)CCN(Cc2cc(-c3ccccc3)no2)C1. The van der Waals surface area contributed by atoms with Gasteiger partial charge in [0, 0.05) is 24.7 Å². The lowest BCUT2D eigenvalue weighted by Gasteiger charge is -2.23. The van der Waals surface area contributed by atoms with Crippen molar-refractivity contribution in [2.24, 2.45) is 0 Å². The van der Waals surface area contributed by atoms with Gasteiger partial charge < -0.3 is 9.63 Å². The molecule has 1 saturated heterocycles. The molecule has 1 aromatic heterocycles. The first-order valence-corrected chi connectivity index (χ1v) is 8.24. The van der Waals surface area contributed by atoms with Gasteiger partial charge in [0.25, 0.3) is 0 Å². The number of likely N-dealkylation sites (tertiary alicyclic amines) is 1. The molecule has 0 spiro atoms. The number of aromatic nitrogens is 1. The Morgan fingerprint density at radius 3 is 2.50 bits per heavy atom. The van der Waals surface area contributed by atoms with Gasteiger partial charge in [0.15, 0.2) is 5.76 Å². The number of rotatable bonds is 4. The lowest BCUT2D eigenvalue weighted by molar-refractivity contribution is 0.0443. The van der Waals surface area contributed by atoms with Crippen molar-refractivity contribution in [2.75, 3.05) is 13.1 Å². The Kier molecular flexibility index (Phi) is 3.92. The lowest BCUT2D eigenvalue weighted by atomic mass is 9.93. The molecular formula is C20H20N2O2. The molecule has 4 nitrogen and oxygen atoms in total. The highest BCUT2D eigenvalue weighted by Crippen LogP contribution is 2.32. The van der Waals surface area contributed by atoms with Gasteiger partial charge in [-0.2, -0.15) is 0 Å². The number of hydrogen-bond acceptors (Lipinski definition) is 4. The second-order valence-electron chi connectivity index (χ2n) is 6.40. The fraction of sp³-hybridized carbons (Fsp3) is 0.250. The Hall–Kier alpha value is -2.43. The largest absolute Gasteiger partial charge is 0.384 e. The molecule has 1 aliphatic rings. The van der Waals surface area contributed by atoms with Crippen molar-refractivity contribution in [3.05, 3.63) is 78.1 Å². The van der Waals surface area contributed by atoms with E-state index in [1.165, 1.54) is 0 Å². The van der Waals surface area contributed by atoms with Crippen LogP contribution < -0.4 is 0 Å². The molecule has 2 aromatic carbocycles. The predicted molar refractivity (Wildman–Crippen MR) is 92.2 cm³/mol. The second-order valence-corrected chi connectivity index (χ2v) is 6.40. The van der Waals surface area contributed by atoms with Crippen LogP contribution in [0.5, 0.6) is 0 Å². The first-order chi connectivity index (χ1) is 11.7. The third-order valence-electron chi connectivity index (χ3n) is 4.65. The number of β-amino-alcohol motifs (C(OH)–C–C–N with tert-alkyl or cyclic N) is 1. The highest BCUT2D eigenvalue weighted by Gasteiger charge is 2.37. The predicted octanol–water partition coefficient (Wildman–Crippen LogP) is 3.44. The minimum Gasteiger partial charge on any atom is -0.384 e. The first kappa shape index (κ1) is 15.1. The minimum absolute atomic E-state index is 0.610. The summed E-state index contributed by atoms with van der Waals surface area (Å²) in [6, 6.07) is 21.9. The van der Waals surface area contributed by atoms with Crippen molar-refractivity contribution in [1.29, 1.82) is 0 Å². The summed E-state index contributed by atoms with van der Waals surface area (Å²) in [6.07, 6.45) is 0.733. The summed E-state index contributed by atoms with van der Waals surface area (Å²) in [5, 5.41) is 15.1. The van der Waals surface area contributed by atoms with E-state index in [2.05, 4.69) is 10.1 Å². The molecule has 3 aromatic rings. The summed E-state index contributed by atoms with van der Waals surface area (Å²) in [6.45, 7) is 2.11. The highest BCUT2D eigenvalue weighted by molar-refractivity contribution is 5.58. The summed E-state index contributed by atoms with van der Waals surface area (Å²) < 4.78 is 5.48. The quantitative estimate of drug-likeness (QED) is 0.800. The zero-order valence-corrected chi connectivity index (χ0v) is 13.4. The van der Waals surface area contributed by atoms with Crippen LogP contribution in [0.4, 0.5) is 0 Å². The van der Waals surface area contributed by atoms with E-state index in [0.29, 0.717) is 13.1 Å². The molecule has 4 rings (SSSR count). The van der Waals surface area contributed by atoms with Gasteiger partial charge in [0.05, 0.1) is 6.54 Å². The van der Waals surface area contributed by atoms with Gasteiger partial charge >= 0.3 is 0 Å². The van der Waals surface area contributed by atoms with Crippen LogP contribution in [0.3, 0.4) is 0 Å². The van der Waals surface area contributed by atoms with Crippen molar-refractivity contribution in [2.45, 2.75) is 18.6 Å². The third-order valence-corrected chi connectivity index (χ3v) is 4.65. The van der Waals surface area contributed by atoms with E-state index in [-0.39, 0.29) is 0 Å². The molecule has 1 N–H and O–H groups in total. The standard InChI is InChI=1S/C20H20N2O2/c23-20(17-9-5-2-6-10-17)11-12-22(15-20)14-18-13-19(21-24-18)16-7-3-1-4-8-16/h1-10,13,23H,11-12,14-15H2/t20-/m1/s1. The van der Waals surface area contributed by atoms with E-state index in [0.717, 1.165) is 35.5 Å². The maximum atomic E-state index is 10.9. The molecule has 2 heterocycles. The fourth-order valence-corrected chi connectivity index (χ4v) is 3.34. The molecule has 0 bridgehead atoms. The lowest BCUT2D eigenvalue weighted by Crippen LogP contribution is -2.30. The van der Waals surface area contributed by atoms with Crippen LogP contribution in [0, 0.1) is 0 Å². The highest BCUT2D eigenvalue weighted by atomic mass is 16.5. The summed E-state index contributed by atoms with van der Waals surface area (Å²) in [4.78, 5) is 2.21. The van der Waals surface area contributed by atoms with Gasteiger partial charge in [-0.3, -0.25) is 4.90 Å². The van der Waals surface area contributed by atoms with Gasteiger partial charge in [-0.05, 0) is 12.0 Å². The molecule has 0 amide bonds. The molecular weight excluding hydrogens is 300 g/mol. The van der Waals surface area contributed by atoms with Crippen LogP contribution >= 0.6 is 0 Å². The average Bonchev–Trinajstić information content (AvgIpc) is 3.25. The van der Waals surface area contributed by atoms with Gasteiger partial charge in [0.1, 0.15) is 11.3 Å². The molecule has 0 aliphatic carbocycles. The summed E-state index contributed by atoms with van der Waals surface area (Å²) in [5.74, 6) is 0.825. The second kappa shape index (κ2) is 6.23. The van der Waals surface area contributed by atoms with Gasteiger partial charge in [-0.15, -0.1) is 0 Å². The monoisotopic (exact) mass is 320 g/mol. The maximum absolute atomic E-state index is 10.9. The van der Waals surface area contributed by atoms with Gasteiger partial charge in [-0.1, -0.05) is 65.8 Å². The Bertz CT molecular complexity index is 801. The third kappa shape index (κ3) is 2.98. The van der Waals surface area contributed by atoms with Crippen LogP contribution in [0.25, 0.3) is 11.3 Å². The molecule has 24 heavy (non-hydrogen) atoms. The Balaban J connectivity index is 1.45. The molecule has 0 radical (unpaired) electrons. The van der Waals surface area contributed by atoms with Crippen molar-refractivity contribution in [3.63, 3.8) is 0 Å². The van der Waals surface area contributed by atoms with Crippen LogP contribution in [0.2, 0.25) is 0 Å². The van der Waals surface area contributed by atoms with Gasteiger partial charge in [0.2, 0.25) is 0 Å². The molecule has 4 heteroatoms. The maximum Gasteiger partial charge on any atom is 0.151 e. The van der Waals surface area contributed by atoms with Gasteiger partial charge in [-0.25, -0.2) is 0 Å². The van der Waals surface area contributed by atoms with E-state index >= 15 is 0 Å². The van der Waals surface area contributed by atoms with Crippen LogP contribution in [-0.2, 0) is 12.1 Å². The zero-order chi connectivity index (χ0) is 16.4. The summed E-state index contributed by atoms with van der Waals surface area (Å²) in [7, 11) is 0. The van der Waals surface area contributed by atoms with Crippen LogP contribution in [0.1, 0.15) is 17.7 Å². The Morgan fingerprint density at radius 2 is 1.75 bits per heavy atom. The van der Waals surface area contributed by atoms with E-state index in [1.807, 2.05) is 66.7 Å². The number of hydrogen-bond donors (Lipinski definition) is 1. The molecule has 1 atom stereocenters. The van der Waals surface area contributed by atoms with Crippen molar-refractivity contribution in [1.82, 2.24) is 10.1 Å². The van der Waals surface area contributed by atoms with E-state index in [4.69, 9.17) is 4.52 Å². The molecule has 1 fully saturated rings. The van der Waals surface area contributed by atoms with E-state index < -0.39 is 5.60 Å².